The third-order valence-electron chi connectivity index (χ3n) is 5.53. The average Bonchev–Trinajstić information content (AvgIpc) is 2.55. The van der Waals surface area contributed by atoms with Crippen molar-refractivity contribution < 1.29 is 14.0 Å². The minimum atomic E-state index is -0.215. The van der Waals surface area contributed by atoms with Crippen LogP contribution >= 0.6 is 0 Å². The number of nitrogens with zero attached hydrogens (tertiary/aromatic N) is 2. The van der Waals surface area contributed by atoms with Crippen molar-refractivity contribution in [3.05, 3.63) is 35.1 Å². The zero-order valence-corrected chi connectivity index (χ0v) is 14.7. The van der Waals surface area contributed by atoms with Gasteiger partial charge in [-0.05, 0) is 56.5 Å². The zero-order valence-electron chi connectivity index (χ0n) is 14.7. The molecule has 2 saturated heterocycles. The Kier molecular flexibility index (Phi) is 5.37. The highest BCUT2D eigenvalue weighted by molar-refractivity contribution is 5.77. The summed E-state index contributed by atoms with van der Waals surface area (Å²) in [6.07, 6.45) is 2.62. The van der Waals surface area contributed by atoms with E-state index in [1.165, 1.54) is 6.07 Å². The average molecular weight is 347 g/mol. The number of nitrogens with two attached hydrogens (primary N) is 1. The van der Waals surface area contributed by atoms with Gasteiger partial charge in [0.15, 0.2) is 0 Å². The summed E-state index contributed by atoms with van der Waals surface area (Å²) < 4.78 is 13.5. The van der Waals surface area contributed by atoms with Crippen LogP contribution in [0.3, 0.4) is 0 Å². The molecule has 3 rings (SSSR count). The molecule has 136 valence electrons. The predicted molar refractivity (Wildman–Crippen MR) is 93.3 cm³/mol. The number of aryl methyl sites for hydroxylation is 2. The number of primary amides is 1. The maximum Gasteiger partial charge on any atom is 0.223 e. The molecule has 1 aromatic rings. The lowest BCUT2D eigenvalue weighted by Crippen LogP contribution is -2.62. The molecule has 5 nitrogen and oxygen atoms in total. The topological polar surface area (TPSA) is 66.6 Å². The summed E-state index contributed by atoms with van der Waals surface area (Å²) in [7, 11) is 0. The summed E-state index contributed by atoms with van der Waals surface area (Å²) in [6, 6.07) is 5.55. The largest absolute Gasteiger partial charge is 0.369 e. The summed E-state index contributed by atoms with van der Waals surface area (Å²) in [4.78, 5) is 27.7. The van der Waals surface area contributed by atoms with Crippen molar-refractivity contribution in [2.45, 2.75) is 38.6 Å². The highest BCUT2D eigenvalue weighted by atomic mass is 19.1. The molecule has 0 aromatic heterocycles. The Morgan fingerprint density at radius 3 is 2.52 bits per heavy atom. The van der Waals surface area contributed by atoms with Gasteiger partial charge in [0.1, 0.15) is 5.82 Å². The van der Waals surface area contributed by atoms with Crippen LogP contribution in [0.2, 0.25) is 0 Å². The second-order valence-electron chi connectivity index (χ2n) is 7.25. The van der Waals surface area contributed by atoms with E-state index in [-0.39, 0.29) is 23.5 Å². The van der Waals surface area contributed by atoms with Crippen LogP contribution in [0.5, 0.6) is 0 Å². The second kappa shape index (κ2) is 7.52. The van der Waals surface area contributed by atoms with E-state index in [9.17, 15) is 14.0 Å². The molecule has 0 atom stereocenters. The molecule has 0 radical (unpaired) electrons. The minimum Gasteiger partial charge on any atom is -0.369 e. The van der Waals surface area contributed by atoms with Crippen LogP contribution in [0.15, 0.2) is 18.2 Å². The SMILES string of the molecule is Cc1ccc(CCC(=O)N2CC(N3CCC(C(N)=O)CC3)C2)cc1F. The standard InChI is InChI=1S/C19H26FN3O2/c1-13-2-3-14(10-17(13)20)4-5-18(24)23-11-16(12-23)22-8-6-15(7-9-22)19(21)25/h2-3,10,15-16H,4-9,11-12H2,1H3,(H2,21,25). The first-order chi connectivity index (χ1) is 11.9. The fraction of sp³-hybridized carbons (Fsp3) is 0.579. The van der Waals surface area contributed by atoms with E-state index in [2.05, 4.69) is 4.90 Å². The maximum absolute atomic E-state index is 13.5. The van der Waals surface area contributed by atoms with Crippen LogP contribution in [-0.4, -0.2) is 53.8 Å². The molecule has 2 heterocycles. The third-order valence-corrected chi connectivity index (χ3v) is 5.53. The predicted octanol–water partition coefficient (Wildman–Crippen LogP) is 1.47. The van der Waals surface area contributed by atoms with Gasteiger partial charge in [-0.15, -0.1) is 0 Å². The van der Waals surface area contributed by atoms with Gasteiger partial charge in [0.25, 0.3) is 0 Å². The van der Waals surface area contributed by atoms with E-state index in [1.54, 1.807) is 13.0 Å². The highest BCUT2D eigenvalue weighted by Gasteiger charge is 2.36. The Morgan fingerprint density at radius 2 is 1.92 bits per heavy atom. The number of likely N-dealkylation sites (tertiary alicyclic amines) is 2. The van der Waals surface area contributed by atoms with Gasteiger partial charge in [-0.3, -0.25) is 14.5 Å². The van der Waals surface area contributed by atoms with E-state index < -0.39 is 0 Å². The van der Waals surface area contributed by atoms with Crippen molar-refractivity contribution in [2.24, 2.45) is 11.7 Å². The quantitative estimate of drug-likeness (QED) is 0.877. The van der Waals surface area contributed by atoms with E-state index in [4.69, 9.17) is 5.73 Å². The molecule has 2 fully saturated rings. The van der Waals surface area contributed by atoms with Crippen molar-refractivity contribution in [1.82, 2.24) is 9.80 Å². The Labute approximate surface area is 148 Å². The van der Waals surface area contributed by atoms with Gasteiger partial charge < -0.3 is 10.6 Å². The molecule has 2 aliphatic rings. The fourth-order valence-corrected chi connectivity index (χ4v) is 3.64. The van der Waals surface area contributed by atoms with Gasteiger partial charge in [-0.1, -0.05) is 12.1 Å². The third kappa shape index (κ3) is 4.18. The van der Waals surface area contributed by atoms with Gasteiger partial charge >= 0.3 is 0 Å². The molecule has 2 aliphatic heterocycles. The van der Waals surface area contributed by atoms with Crippen molar-refractivity contribution in [3.63, 3.8) is 0 Å². The maximum atomic E-state index is 13.5. The van der Waals surface area contributed by atoms with E-state index in [0.29, 0.717) is 24.4 Å². The Balaban J connectivity index is 1.40. The number of benzene rings is 1. The lowest BCUT2D eigenvalue weighted by molar-refractivity contribution is -0.139. The lowest BCUT2D eigenvalue weighted by atomic mass is 9.93. The molecular weight excluding hydrogens is 321 g/mol. The number of halogens is 1. The van der Waals surface area contributed by atoms with Gasteiger partial charge in [-0.25, -0.2) is 4.39 Å². The molecule has 0 bridgehead atoms. The summed E-state index contributed by atoms with van der Waals surface area (Å²) in [5, 5.41) is 0. The van der Waals surface area contributed by atoms with E-state index >= 15 is 0 Å². The molecule has 2 N–H and O–H groups in total. The van der Waals surface area contributed by atoms with Crippen LogP contribution in [0.4, 0.5) is 4.39 Å². The fourth-order valence-electron chi connectivity index (χ4n) is 3.64. The molecule has 6 heteroatoms. The first-order valence-corrected chi connectivity index (χ1v) is 9.00. The monoisotopic (exact) mass is 347 g/mol. The highest BCUT2D eigenvalue weighted by Crippen LogP contribution is 2.23. The molecule has 0 spiro atoms. The number of piperidine rings is 1. The Bertz CT molecular complexity index is 650. The Hall–Kier alpha value is -1.95. The summed E-state index contributed by atoms with van der Waals surface area (Å²) in [5.74, 6) is -0.279. The van der Waals surface area contributed by atoms with Gasteiger partial charge in [0, 0.05) is 31.5 Å². The lowest BCUT2D eigenvalue weighted by Gasteiger charge is -2.47. The van der Waals surface area contributed by atoms with Crippen molar-refractivity contribution >= 4 is 11.8 Å². The molecule has 0 unspecified atom stereocenters. The van der Waals surface area contributed by atoms with Gasteiger partial charge in [-0.2, -0.15) is 0 Å². The van der Waals surface area contributed by atoms with Crippen molar-refractivity contribution in [3.8, 4) is 0 Å². The van der Waals surface area contributed by atoms with Crippen LogP contribution in [-0.2, 0) is 16.0 Å². The minimum absolute atomic E-state index is 0.00367. The van der Waals surface area contributed by atoms with Gasteiger partial charge in [0.05, 0.1) is 0 Å². The number of carbonyl (C=O) groups excluding carboxylic acids is 2. The van der Waals surface area contributed by atoms with Crippen molar-refractivity contribution in [2.75, 3.05) is 26.2 Å². The number of rotatable bonds is 5. The molecule has 1 aromatic carbocycles. The smallest absolute Gasteiger partial charge is 0.223 e. The number of hydrogen-bond donors (Lipinski definition) is 1. The molecular formula is C19H26FN3O2. The number of amides is 2. The first kappa shape index (κ1) is 17.9. The zero-order chi connectivity index (χ0) is 18.0. The summed E-state index contributed by atoms with van der Waals surface area (Å²) >= 11 is 0. The second-order valence-corrected chi connectivity index (χ2v) is 7.25. The molecule has 0 aliphatic carbocycles. The summed E-state index contributed by atoms with van der Waals surface area (Å²) in [5.41, 5.74) is 6.85. The first-order valence-electron chi connectivity index (χ1n) is 9.00. The van der Waals surface area contributed by atoms with Crippen LogP contribution < -0.4 is 5.73 Å². The van der Waals surface area contributed by atoms with Gasteiger partial charge in [0.2, 0.25) is 11.8 Å². The van der Waals surface area contributed by atoms with Crippen molar-refractivity contribution in [1.29, 1.82) is 0 Å². The Morgan fingerprint density at radius 1 is 1.24 bits per heavy atom. The van der Waals surface area contributed by atoms with Crippen LogP contribution in [0, 0.1) is 18.7 Å². The normalized spacial score (nSPS) is 19.7. The van der Waals surface area contributed by atoms with Crippen LogP contribution in [0.25, 0.3) is 0 Å². The molecule has 0 saturated carbocycles. The van der Waals surface area contributed by atoms with E-state index in [1.807, 2.05) is 11.0 Å². The summed E-state index contributed by atoms with van der Waals surface area (Å²) in [6.45, 7) is 4.99. The molecule has 25 heavy (non-hydrogen) atoms. The molecule has 2 amide bonds. The van der Waals surface area contributed by atoms with E-state index in [0.717, 1.165) is 44.6 Å². The number of carbonyl (C=O) groups is 2. The number of hydrogen-bond acceptors (Lipinski definition) is 3. The van der Waals surface area contributed by atoms with Crippen LogP contribution in [0.1, 0.15) is 30.4 Å².